The fraction of sp³-hybridized carbons (Fsp3) is 0.846. The summed E-state index contributed by atoms with van der Waals surface area (Å²) in [5.41, 5.74) is 3.24. The third-order valence-electron chi connectivity index (χ3n) is 3.96. The number of likely N-dealkylation sites (N-methyl/N-ethyl adjacent to an activating group) is 1. The van der Waals surface area contributed by atoms with Gasteiger partial charge in [-0.2, -0.15) is 0 Å². The minimum absolute atomic E-state index is 0.849. The van der Waals surface area contributed by atoms with Crippen LogP contribution in [-0.4, -0.2) is 37.6 Å². The Hall–Kier alpha value is -0.340. The van der Waals surface area contributed by atoms with Crippen LogP contribution in [0.3, 0.4) is 0 Å². The van der Waals surface area contributed by atoms with Crippen LogP contribution >= 0.6 is 0 Å². The molecule has 0 aromatic carbocycles. The molecule has 0 bridgehead atoms. The second-order valence-electron chi connectivity index (χ2n) is 5.19. The van der Waals surface area contributed by atoms with E-state index < -0.39 is 0 Å². The van der Waals surface area contributed by atoms with E-state index in [-0.39, 0.29) is 0 Å². The number of hydrogen-bond acceptors (Lipinski definition) is 2. The Bertz CT molecular complexity index is 233. The standard InChI is InChI=1S/C13H24N2/c1-11(12-8-14-9-12)10-15(2)13-6-4-3-5-7-13/h13-14H,3-10H2,1-2H3. The Balaban J connectivity index is 1.82. The molecule has 1 aliphatic heterocycles. The molecule has 0 spiro atoms. The van der Waals surface area contributed by atoms with Crippen LogP contribution in [0.1, 0.15) is 39.0 Å². The molecular formula is C13H24N2. The summed E-state index contributed by atoms with van der Waals surface area (Å²) in [4.78, 5) is 2.57. The zero-order valence-corrected chi connectivity index (χ0v) is 10.2. The SMILES string of the molecule is CC(CN(C)C1CCCCC1)=C1CNC1. The van der Waals surface area contributed by atoms with Crippen molar-refractivity contribution in [3.05, 3.63) is 11.1 Å². The Labute approximate surface area is 93.7 Å². The van der Waals surface area contributed by atoms with Gasteiger partial charge in [0, 0.05) is 25.7 Å². The average molecular weight is 208 g/mol. The normalized spacial score (nSPS) is 23.0. The van der Waals surface area contributed by atoms with Crippen LogP contribution in [0.25, 0.3) is 0 Å². The number of nitrogens with one attached hydrogen (secondary N) is 1. The molecule has 1 saturated heterocycles. The molecule has 15 heavy (non-hydrogen) atoms. The first kappa shape index (κ1) is 11.2. The van der Waals surface area contributed by atoms with Crippen molar-refractivity contribution in [2.24, 2.45) is 0 Å². The third kappa shape index (κ3) is 2.82. The van der Waals surface area contributed by atoms with Gasteiger partial charge in [0.2, 0.25) is 0 Å². The molecule has 1 aliphatic carbocycles. The van der Waals surface area contributed by atoms with E-state index in [1.807, 2.05) is 0 Å². The third-order valence-corrected chi connectivity index (χ3v) is 3.96. The van der Waals surface area contributed by atoms with E-state index in [0.29, 0.717) is 0 Å². The highest BCUT2D eigenvalue weighted by molar-refractivity contribution is 5.22. The summed E-state index contributed by atoms with van der Waals surface area (Å²) in [6.45, 7) is 5.74. The van der Waals surface area contributed by atoms with Crippen LogP contribution < -0.4 is 5.32 Å². The summed E-state index contributed by atoms with van der Waals surface area (Å²) in [6.07, 6.45) is 7.15. The summed E-state index contributed by atoms with van der Waals surface area (Å²) >= 11 is 0. The second-order valence-corrected chi connectivity index (χ2v) is 5.19. The van der Waals surface area contributed by atoms with Crippen molar-refractivity contribution in [1.82, 2.24) is 10.2 Å². The summed E-state index contributed by atoms with van der Waals surface area (Å²) in [5.74, 6) is 0. The van der Waals surface area contributed by atoms with Gasteiger partial charge in [-0.05, 0) is 32.4 Å². The predicted octanol–water partition coefficient (Wildman–Crippen LogP) is 2.17. The number of nitrogens with zero attached hydrogens (tertiary/aromatic N) is 1. The van der Waals surface area contributed by atoms with E-state index in [0.717, 1.165) is 19.1 Å². The van der Waals surface area contributed by atoms with E-state index in [9.17, 15) is 0 Å². The van der Waals surface area contributed by atoms with E-state index in [2.05, 4.69) is 24.2 Å². The van der Waals surface area contributed by atoms with Crippen molar-refractivity contribution in [3.8, 4) is 0 Å². The lowest BCUT2D eigenvalue weighted by Crippen LogP contribution is -2.39. The number of hydrogen-bond donors (Lipinski definition) is 1. The van der Waals surface area contributed by atoms with Gasteiger partial charge < -0.3 is 5.32 Å². The Morgan fingerprint density at radius 3 is 2.47 bits per heavy atom. The van der Waals surface area contributed by atoms with Crippen LogP contribution in [-0.2, 0) is 0 Å². The maximum absolute atomic E-state index is 3.32. The molecule has 0 aromatic rings. The molecule has 1 saturated carbocycles. The highest BCUT2D eigenvalue weighted by Crippen LogP contribution is 2.22. The first-order chi connectivity index (χ1) is 7.27. The highest BCUT2D eigenvalue weighted by atomic mass is 15.1. The molecule has 1 heterocycles. The predicted molar refractivity (Wildman–Crippen MR) is 65.1 cm³/mol. The summed E-state index contributed by atoms with van der Waals surface area (Å²) in [5, 5.41) is 3.32. The molecule has 0 aromatic heterocycles. The maximum Gasteiger partial charge on any atom is 0.0193 e. The molecule has 2 heteroatoms. The van der Waals surface area contributed by atoms with E-state index in [1.54, 1.807) is 11.1 Å². The largest absolute Gasteiger partial charge is 0.309 e. The van der Waals surface area contributed by atoms with Crippen LogP contribution in [0, 0.1) is 0 Å². The van der Waals surface area contributed by atoms with Crippen molar-refractivity contribution in [2.45, 2.75) is 45.1 Å². The van der Waals surface area contributed by atoms with Crippen LogP contribution in [0.2, 0.25) is 0 Å². The van der Waals surface area contributed by atoms with Crippen LogP contribution in [0.4, 0.5) is 0 Å². The highest BCUT2D eigenvalue weighted by Gasteiger charge is 2.19. The molecule has 0 radical (unpaired) electrons. The average Bonchev–Trinajstić information content (AvgIpc) is 2.16. The molecule has 2 rings (SSSR count). The molecule has 0 atom stereocenters. The Kier molecular flexibility index (Phi) is 3.81. The lowest BCUT2D eigenvalue weighted by Gasteiger charge is -2.33. The fourth-order valence-electron chi connectivity index (χ4n) is 2.69. The molecular weight excluding hydrogens is 184 g/mol. The summed E-state index contributed by atoms with van der Waals surface area (Å²) in [7, 11) is 2.30. The topological polar surface area (TPSA) is 15.3 Å². The Morgan fingerprint density at radius 2 is 1.93 bits per heavy atom. The van der Waals surface area contributed by atoms with Gasteiger partial charge in [0.15, 0.2) is 0 Å². The van der Waals surface area contributed by atoms with Crippen molar-refractivity contribution in [1.29, 1.82) is 0 Å². The minimum Gasteiger partial charge on any atom is -0.309 e. The summed E-state index contributed by atoms with van der Waals surface area (Å²) in [6, 6.07) is 0.849. The first-order valence-corrected chi connectivity index (χ1v) is 6.36. The summed E-state index contributed by atoms with van der Waals surface area (Å²) < 4.78 is 0. The van der Waals surface area contributed by atoms with Gasteiger partial charge in [-0.25, -0.2) is 0 Å². The zero-order valence-electron chi connectivity index (χ0n) is 10.2. The van der Waals surface area contributed by atoms with Crippen molar-refractivity contribution in [2.75, 3.05) is 26.7 Å². The molecule has 2 aliphatic rings. The molecule has 2 fully saturated rings. The quantitative estimate of drug-likeness (QED) is 0.715. The molecule has 0 amide bonds. The first-order valence-electron chi connectivity index (χ1n) is 6.36. The fourth-order valence-corrected chi connectivity index (χ4v) is 2.69. The van der Waals surface area contributed by atoms with Gasteiger partial charge in [0.1, 0.15) is 0 Å². The smallest absolute Gasteiger partial charge is 0.0193 e. The van der Waals surface area contributed by atoms with Gasteiger partial charge in [0.05, 0.1) is 0 Å². The van der Waals surface area contributed by atoms with Gasteiger partial charge in [-0.3, -0.25) is 4.90 Å². The van der Waals surface area contributed by atoms with Crippen LogP contribution in [0.15, 0.2) is 11.1 Å². The van der Waals surface area contributed by atoms with Gasteiger partial charge in [0.25, 0.3) is 0 Å². The second kappa shape index (κ2) is 5.13. The van der Waals surface area contributed by atoms with Gasteiger partial charge in [-0.1, -0.05) is 24.8 Å². The molecule has 0 unspecified atom stereocenters. The van der Waals surface area contributed by atoms with Crippen molar-refractivity contribution in [3.63, 3.8) is 0 Å². The monoisotopic (exact) mass is 208 g/mol. The van der Waals surface area contributed by atoms with Crippen molar-refractivity contribution < 1.29 is 0 Å². The van der Waals surface area contributed by atoms with Crippen molar-refractivity contribution >= 4 is 0 Å². The van der Waals surface area contributed by atoms with Gasteiger partial charge >= 0.3 is 0 Å². The Morgan fingerprint density at radius 1 is 1.27 bits per heavy atom. The van der Waals surface area contributed by atoms with E-state index in [1.165, 1.54) is 38.6 Å². The van der Waals surface area contributed by atoms with Crippen LogP contribution in [0.5, 0.6) is 0 Å². The maximum atomic E-state index is 3.32. The zero-order chi connectivity index (χ0) is 10.7. The van der Waals surface area contributed by atoms with Gasteiger partial charge in [-0.15, -0.1) is 0 Å². The van der Waals surface area contributed by atoms with E-state index in [4.69, 9.17) is 0 Å². The number of rotatable bonds is 3. The molecule has 2 nitrogen and oxygen atoms in total. The lowest BCUT2D eigenvalue weighted by molar-refractivity contribution is 0.204. The molecule has 86 valence electrons. The molecule has 1 N–H and O–H groups in total. The van der Waals surface area contributed by atoms with E-state index >= 15 is 0 Å². The lowest BCUT2D eigenvalue weighted by atomic mass is 9.94. The minimum atomic E-state index is 0.849.